The monoisotopic (exact) mass is 278 g/mol. The van der Waals surface area contributed by atoms with Crippen molar-refractivity contribution < 1.29 is 18.5 Å². The van der Waals surface area contributed by atoms with Crippen molar-refractivity contribution in [3.05, 3.63) is 69.8 Å². The number of benzene rings is 2. The number of carbonyl (C=O) groups excluding carboxylic acids is 1. The van der Waals surface area contributed by atoms with E-state index in [1.54, 1.807) is 0 Å². The minimum absolute atomic E-state index is 0.0637. The van der Waals surface area contributed by atoms with Crippen LogP contribution in [0.5, 0.6) is 0 Å². The van der Waals surface area contributed by atoms with Gasteiger partial charge >= 0.3 is 0 Å². The Morgan fingerprint density at radius 1 is 1.15 bits per heavy atom. The number of para-hydroxylation sites is 2. The number of rotatable bonds is 3. The standard InChI is InChI=1S/C13H8F2N2O3/c14-8-5-6-9(10(15)7-8)13(18)16-11-3-1-2-4-12(11)17(19)20/h1-7H,(H,16,18). The third-order valence-corrected chi connectivity index (χ3v) is 2.52. The van der Waals surface area contributed by atoms with E-state index in [-0.39, 0.29) is 11.4 Å². The van der Waals surface area contributed by atoms with Crippen molar-refractivity contribution in [1.29, 1.82) is 0 Å². The van der Waals surface area contributed by atoms with Gasteiger partial charge < -0.3 is 5.32 Å². The van der Waals surface area contributed by atoms with Crippen LogP contribution in [0.25, 0.3) is 0 Å². The summed E-state index contributed by atoms with van der Waals surface area (Å²) in [5.41, 5.74) is -0.779. The molecule has 0 aromatic heterocycles. The summed E-state index contributed by atoms with van der Waals surface area (Å²) in [6.45, 7) is 0. The van der Waals surface area contributed by atoms with E-state index in [1.165, 1.54) is 24.3 Å². The minimum Gasteiger partial charge on any atom is -0.316 e. The summed E-state index contributed by atoms with van der Waals surface area (Å²) in [6.07, 6.45) is 0. The third kappa shape index (κ3) is 2.77. The molecule has 0 aliphatic rings. The second-order valence-corrected chi connectivity index (χ2v) is 3.85. The van der Waals surface area contributed by atoms with Gasteiger partial charge in [0.15, 0.2) is 0 Å². The van der Waals surface area contributed by atoms with E-state index in [9.17, 15) is 23.7 Å². The van der Waals surface area contributed by atoms with Gasteiger partial charge in [-0.25, -0.2) is 8.78 Å². The van der Waals surface area contributed by atoms with E-state index in [0.717, 1.165) is 12.1 Å². The summed E-state index contributed by atoms with van der Waals surface area (Å²) in [4.78, 5) is 21.9. The molecule has 0 radical (unpaired) electrons. The van der Waals surface area contributed by atoms with E-state index in [4.69, 9.17) is 0 Å². The lowest BCUT2D eigenvalue weighted by atomic mass is 10.2. The summed E-state index contributed by atoms with van der Waals surface area (Å²) in [7, 11) is 0. The molecule has 2 aromatic rings. The Kier molecular flexibility index (Phi) is 3.69. The van der Waals surface area contributed by atoms with Crippen LogP contribution in [0.15, 0.2) is 42.5 Å². The van der Waals surface area contributed by atoms with Crippen LogP contribution in [0.2, 0.25) is 0 Å². The average Bonchev–Trinajstić information content (AvgIpc) is 2.38. The smallest absolute Gasteiger partial charge is 0.292 e. The maximum atomic E-state index is 13.4. The molecular formula is C13H8F2N2O3. The molecule has 0 saturated carbocycles. The first kappa shape index (κ1) is 13.6. The highest BCUT2D eigenvalue weighted by Crippen LogP contribution is 2.24. The van der Waals surface area contributed by atoms with E-state index < -0.39 is 28.0 Å². The maximum Gasteiger partial charge on any atom is 0.292 e. The second-order valence-electron chi connectivity index (χ2n) is 3.85. The van der Waals surface area contributed by atoms with Crippen molar-refractivity contribution in [3.63, 3.8) is 0 Å². The predicted molar refractivity (Wildman–Crippen MR) is 67.4 cm³/mol. The van der Waals surface area contributed by atoms with Crippen molar-refractivity contribution in [2.75, 3.05) is 5.32 Å². The zero-order valence-electron chi connectivity index (χ0n) is 9.97. The van der Waals surface area contributed by atoms with Crippen LogP contribution in [-0.2, 0) is 0 Å². The van der Waals surface area contributed by atoms with E-state index >= 15 is 0 Å². The topological polar surface area (TPSA) is 72.2 Å². The first-order valence-electron chi connectivity index (χ1n) is 5.49. The van der Waals surface area contributed by atoms with Crippen LogP contribution in [0.4, 0.5) is 20.2 Å². The molecule has 0 aliphatic carbocycles. The van der Waals surface area contributed by atoms with Gasteiger partial charge in [0.25, 0.3) is 11.6 Å². The largest absolute Gasteiger partial charge is 0.316 e. The summed E-state index contributed by atoms with van der Waals surface area (Å²) in [5, 5.41) is 13.0. The van der Waals surface area contributed by atoms with Crippen LogP contribution in [0.3, 0.4) is 0 Å². The lowest BCUT2D eigenvalue weighted by Gasteiger charge is -2.06. The Morgan fingerprint density at radius 3 is 2.50 bits per heavy atom. The number of nitro groups is 1. The van der Waals surface area contributed by atoms with Gasteiger partial charge in [-0.2, -0.15) is 0 Å². The Balaban J connectivity index is 2.30. The Morgan fingerprint density at radius 2 is 1.85 bits per heavy atom. The van der Waals surface area contributed by atoms with Gasteiger partial charge in [-0.1, -0.05) is 12.1 Å². The first-order chi connectivity index (χ1) is 9.49. The number of halogens is 2. The number of anilines is 1. The molecule has 0 aliphatic heterocycles. The molecule has 0 saturated heterocycles. The van der Waals surface area contributed by atoms with Crippen LogP contribution in [-0.4, -0.2) is 10.8 Å². The normalized spacial score (nSPS) is 10.1. The molecule has 102 valence electrons. The molecule has 0 fully saturated rings. The van der Waals surface area contributed by atoms with Gasteiger partial charge in [-0.3, -0.25) is 14.9 Å². The van der Waals surface area contributed by atoms with Gasteiger partial charge in [0.1, 0.15) is 17.3 Å². The molecule has 1 N–H and O–H groups in total. The molecule has 0 heterocycles. The highest BCUT2D eigenvalue weighted by atomic mass is 19.1. The minimum atomic E-state index is -1.04. The Bertz CT molecular complexity index is 689. The van der Waals surface area contributed by atoms with Crippen LogP contribution < -0.4 is 5.32 Å². The third-order valence-electron chi connectivity index (χ3n) is 2.52. The highest BCUT2D eigenvalue weighted by molar-refractivity contribution is 6.05. The Hall–Kier alpha value is -2.83. The number of nitro benzene ring substituents is 1. The first-order valence-corrected chi connectivity index (χ1v) is 5.49. The molecule has 7 heteroatoms. The highest BCUT2D eigenvalue weighted by Gasteiger charge is 2.18. The molecule has 0 atom stereocenters. The van der Waals surface area contributed by atoms with E-state index in [0.29, 0.717) is 6.07 Å². The van der Waals surface area contributed by atoms with Crippen LogP contribution in [0, 0.1) is 21.7 Å². The van der Waals surface area contributed by atoms with E-state index in [1.807, 2.05) is 0 Å². The predicted octanol–water partition coefficient (Wildman–Crippen LogP) is 3.13. The summed E-state index contributed by atoms with van der Waals surface area (Å²) < 4.78 is 26.2. The number of nitrogens with zero attached hydrogens (tertiary/aromatic N) is 1. The van der Waals surface area contributed by atoms with Crippen molar-refractivity contribution in [3.8, 4) is 0 Å². The van der Waals surface area contributed by atoms with Crippen LogP contribution in [0.1, 0.15) is 10.4 Å². The van der Waals surface area contributed by atoms with Gasteiger partial charge in [0, 0.05) is 12.1 Å². The molecule has 1 amide bonds. The van der Waals surface area contributed by atoms with Crippen molar-refractivity contribution in [2.24, 2.45) is 0 Å². The summed E-state index contributed by atoms with van der Waals surface area (Å²) >= 11 is 0. The number of nitrogens with one attached hydrogen (secondary N) is 1. The molecule has 0 spiro atoms. The molecule has 20 heavy (non-hydrogen) atoms. The second kappa shape index (κ2) is 5.43. The zero-order valence-corrected chi connectivity index (χ0v) is 9.97. The maximum absolute atomic E-state index is 13.4. The number of amides is 1. The van der Waals surface area contributed by atoms with E-state index in [2.05, 4.69) is 5.32 Å². The van der Waals surface area contributed by atoms with Crippen LogP contribution >= 0.6 is 0 Å². The van der Waals surface area contributed by atoms with Gasteiger partial charge in [0.2, 0.25) is 0 Å². The van der Waals surface area contributed by atoms with Gasteiger partial charge in [0.05, 0.1) is 10.5 Å². The number of carbonyl (C=O) groups is 1. The zero-order chi connectivity index (χ0) is 14.7. The lowest BCUT2D eigenvalue weighted by Crippen LogP contribution is -2.14. The fourth-order valence-corrected chi connectivity index (χ4v) is 1.60. The molecular weight excluding hydrogens is 270 g/mol. The SMILES string of the molecule is O=C(Nc1ccccc1[N+](=O)[O-])c1ccc(F)cc1F. The average molecular weight is 278 g/mol. The molecule has 0 unspecified atom stereocenters. The quantitative estimate of drug-likeness (QED) is 0.692. The lowest BCUT2D eigenvalue weighted by molar-refractivity contribution is -0.383. The number of hydrogen-bond acceptors (Lipinski definition) is 3. The Labute approximate surface area is 112 Å². The molecule has 0 bridgehead atoms. The van der Waals surface area contributed by atoms with Gasteiger partial charge in [-0.15, -0.1) is 0 Å². The number of hydrogen-bond donors (Lipinski definition) is 1. The summed E-state index contributed by atoms with van der Waals surface area (Å²) in [6, 6.07) is 7.91. The summed E-state index contributed by atoms with van der Waals surface area (Å²) in [5.74, 6) is -2.75. The van der Waals surface area contributed by atoms with Crippen molar-refractivity contribution in [1.82, 2.24) is 0 Å². The molecule has 5 nitrogen and oxygen atoms in total. The van der Waals surface area contributed by atoms with Gasteiger partial charge in [-0.05, 0) is 18.2 Å². The molecule has 2 rings (SSSR count). The fraction of sp³-hybridized carbons (Fsp3) is 0. The molecule has 2 aromatic carbocycles. The fourth-order valence-electron chi connectivity index (χ4n) is 1.60. The van der Waals surface area contributed by atoms with Crippen molar-refractivity contribution in [2.45, 2.75) is 0 Å². The van der Waals surface area contributed by atoms with Crippen molar-refractivity contribution >= 4 is 17.3 Å².